The van der Waals surface area contributed by atoms with Gasteiger partial charge in [-0.15, -0.1) is 22.7 Å². The fourth-order valence-electron chi connectivity index (χ4n) is 4.85. The monoisotopic (exact) mass is 523 g/mol. The largest absolute Gasteiger partial charge is 0.365 e. The molecule has 0 spiro atoms. The van der Waals surface area contributed by atoms with Gasteiger partial charge < -0.3 is 22.1 Å². The van der Waals surface area contributed by atoms with Crippen LogP contribution in [0.5, 0.6) is 0 Å². The smallest absolute Gasteiger partial charge is 0.274 e. The van der Waals surface area contributed by atoms with Crippen molar-refractivity contribution in [3.63, 3.8) is 0 Å². The van der Waals surface area contributed by atoms with Gasteiger partial charge in [0.05, 0.1) is 11.1 Å². The number of amides is 4. The van der Waals surface area contributed by atoms with E-state index in [1.165, 1.54) is 34.8 Å². The van der Waals surface area contributed by atoms with Crippen LogP contribution in [0.1, 0.15) is 88.3 Å². The average molecular weight is 524 g/mol. The second kappa shape index (κ2) is 9.82. The van der Waals surface area contributed by atoms with Crippen LogP contribution in [0.15, 0.2) is 18.2 Å². The van der Waals surface area contributed by atoms with Gasteiger partial charge in [0, 0.05) is 9.75 Å². The van der Waals surface area contributed by atoms with Gasteiger partial charge in [-0.1, -0.05) is 6.07 Å². The molecule has 3 heterocycles. The number of anilines is 2. The van der Waals surface area contributed by atoms with Gasteiger partial charge in [-0.3, -0.25) is 19.2 Å². The highest BCUT2D eigenvalue weighted by Gasteiger charge is 2.27. The minimum absolute atomic E-state index is 0.0186. The van der Waals surface area contributed by atoms with Crippen LogP contribution in [0.2, 0.25) is 0 Å². The Labute approximate surface area is 215 Å². The molecule has 0 aromatic carbocycles. The number of aromatic nitrogens is 1. The number of aryl methyl sites for hydroxylation is 2. The molecule has 3 aromatic rings. The highest BCUT2D eigenvalue weighted by atomic mass is 32.1. The fraction of sp³-hybridized carbons (Fsp3) is 0.320. The lowest BCUT2D eigenvalue weighted by Gasteiger charge is -2.11. The molecule has 11 heteroatoms. The Morgan fingerprint density at radius 2 is 1.11 bits per heavy atom. The molecule has 4 amide bonds. The number of hydrogen-bond donors (Lipinski definition) is 4. The Bertz CT molecular complexity index is 1310. The summed E-state index contributed by atoms with van der Waals surface area (Å²) in [5.41, 5.74) is 13.8. The van der Waals surface area contributed by atoms with Crippen molar-refractivity contribution in [2.24, 2.45) is 11.5 Å². The maximum absolute atomic E-state index is 13.0. The van der Waals surface area contributed by atoms with Crippen LogP contribution in [0.25, 0.3) is 0 Å². The van der Waals surface area contributed by atoms with E-state index in [2.05, 4.69) is 15.6 Å². The van der Waals surface area contributed by atoms with Crippen molar-refractivity contribution in [3.05, 3.63) is 61.6 Å². The number of pyridine rings is 1. The van der Waals surface area contributed by atoms with E-state index in [0.29, 0.717) is 21.1 Å². The van der Waals surface area contributed by atoms with Crippen molar-refractivity contribution in [3.8, 4) is 0 Å². The van der Waals surface area contributed by atoms with E-state index in [4.69, 9.17) is 11.5 Å². The second-order valence-corrected chi connectivity index (χ2v) is 11.1. The van der Waals surface area contributed by atoms with Crippen LogP contribution >= 0.6 is 22.7 Å². The number of rotatable bonds is 6. The van der Waals surface area contributed by atoms with Crippen LogP contribution in [-0.4, -0.2) is 28.6 Å². The first-order chi connectivity index (χ1) is 17.3. The van der Waals surface area contributed by atoms with Crippen LogP contribution in [-0.2, 0) is 25.7 Å². The molecule has 2 aliphatic rings. The van der Waals surface area contributed by atoms with Crippen molar-refractivity contribution in [1.82, 2.24) is 4.98 Å². The van der Waals surface area contributed by atoms with Gasteiger partial charge in [-0.25, -0.2) is 4.98 Å². The average Bonchev–Trinajstić information content (AvgIpc) is 3.41. The van der Waals surface area contributed by atoms with E-state index >= 15 is 0 Å². The topological polar surface area (TPSA) is 157 Å². The summed E-state index contributed by atoms with van der Waals surface area (Å²) in [6.07, 6.45) is 7.22. The third-order valence-electron chi connectivity index (χ3n) is 6.50. The zero-order valence-electron chi connectivity index (χ0n) is 19.4. The molecule has 2 aliphatic carbocycles. The Morgan fingerprint density at radius 1 is 0.694 bits per heavy atom. The van der Waals surface area contributed by atoms with Crippen LogP contribution < -0.4 is 22.1 Å². The number of nitrogens with one attached hydrogen (secondary N) is 2. The molecule has 0 bridgehead atoms. The first-order valence-electron chi connectivity index (χ1n) is 11.8. The molecule has 0 aliphatic heterocycles. The number of hydrogen-bond acceptors (Lipinski definition) is 7. The van der Waals surface area contributed by atoms with Crippen molar-refractivity contribution >= 4 is 56.3 Å². The third-order valence-corrected chi connectivity index (χ3v) is 8.92. The summed E-state index contributed by atoms with van der Waals surface area (Å²) < 4.78 is 0. The van der Waals surface area contributed by atoms with E-state index in [-0.39, 0.29) is 11.4 Å². The zero-order chi connectivity index (χ0) is 25.4. The summed E-state index contributed by atoms with van der Waals surface area (Å²) in [7, 11) is 0. The fourth-order valence-corrected chi connectivity index (χ4v) is 7.43. The van der Waals surface area contributed by atoms with Gasteiger partial charge in [-0.05, 0) is 74.6 Å². The van der Waals surface area contributed by atoms with E-state index in [9.17, 15) is 19.2 Å². The number of nitrogens with two attached hydrogens (primary N) is 2. The Kier molecular flexibility index (Phi) is 6.59. The highest BCUT2D eigenvalue weighted by Crippen LogP contribution is 2.39. The van der Waals surface area contributed by atoms with Crippen LogP contribution in [0.4, 0.5) is 10.0 Å². The normalized spacial score (nSPS) is 14.4. The van der Waals surface area contributed by atoms with Crippen molar-refractivity contribution < 1.29 is 19.2 Å². The van der Waals surface area contributed by atoms with Gasteiger partial charge in [0.2, 0.25) is 0 Å². The summed E-state index contributed by atoms with van der Waals surface area (Å²) in [6.45, 7) is 0. The van der Waals surface area contributed by atoms with E-state index in [1.807, 2.05) is 0 Å². The molecule has 5 rings (SSSR count). The molecular weight excluding hydrogens is 498 g/mol. The van der Waals surface area contributed by atoms with Crippen molar-refractivity contribution in [2.75, 3.05) is 10.6 Å². The molecule has 186 valence electrons. The molecule has 36 heavy (non-hydrogen) atoms. The van der Waals surface area contributed by atoms with Gasteiger partial charge >= 0.3 is 0 Å². The SMILES string of the molecule is NC(=O)c1c(NC(=O)c2cccc(C(=O)Nc3sc4c(c3C(N)=O)CCCC4)n2)sc2c1CCCC2. The number of thiophene rings is 2. The molecule has 0 fully saturated rings. The van der Waals surface area contributed by atoms with Gasteiger partial charge in [0.15, 0.2) is 0 Å². The lowest BCUT2D eigenvalue weighted by Crippen LogP contribution is -2.21. The van der Waals surface area contributed by atoms with E-state index in [0.717, 1.165) is 72.2 Å². The summed E-state index contributed by atoms with van der Waals surface area (Å²) in [6, 6.07) is 4.53. The number of primary amides is 2. The molecule has 0 saturated carbocycles. The molecule has 3 aromatic heterocycles. The minimum atomic E-state index is -0.574. The molecular formula is C25H25N5O4S2. The Hall–Kier alpha value is -3.57. The van der Waals surface area contributed by atoms with Gasteiger partial charge in [0.1, 0.15) is 21.4 Å². The summed E-state index contributed by atoms with van der Waals surface area (Å²) in [4.78, 5) is 56.6. The molecule has 9 nitrogen and oxygen atoms in total. The number of carbonyl (C=O) groups is 4. The quantitative estimate of drug-likeness (QED) is 0.388. The molecule has 0 atom stereocenters. The van der Waals surface area contributed by atoms with Gasteiger partial charge in [-0.2, -0.15) is 0 Å². The predicted octanol–water partition coefficient (Wildman–Crippen LogP) is 3.66. The summed E-state index contributed by atoms with van der Waals surface area (Å²) in [5.74, 6) is -2.24. The second-order valence-electron chi connectivity index (χ2n) is 8.87. The molecule has 0 unspecified atom stereocenters. The first kappa shape index (κ1) is 24.1. The van der Waals surface area contributed by atoms with Crippen molar-refractivity contribution in [2.45, 2.75) is 51.4 Å². The van der Waals surface area contributed by atoms with E-state index in [1.54, 1.807) is 6.07 Å². The molecule has 6 N–H and O–H groups in total. The minimum Gasteiger partial charge on any atom is -0.365 e. The zero-order valence-corrected chi connectivity index (χ0v) is 21.1. The van der Waals surface area contributed by atoms with Crippen LogP contribution in [0, 0.1) is 0 Å². The van der Waals surface area contributed by atoms with Gasteiger partial charge in [0.25, 0.3) is 23.6 Å². The number of fused-ring (bicyclic) bond motifs is 2. The Balaban J connectivity index is 1.37. The highest BCUT2D eigenvalue weighted by molar-refractivity contribution is 7.17. The van der Waals surface area contributed by atoms with E-state index < -0.39 is 23.6 Å². The lowest BCUT2D eigenvalue weighted by atomic mass is 9.95. The molecule has 0 saturated heterocycles. The number of nitrogens with zero attached hydrogens (tertiary/aromatic N) is 1. The lowest BCUT2D eigenvalue weighted by molar-refractivity contribution is 0.0990. The maximum atomic E-state index is 13.0. The first-order valence-corrected chi connectivity index (χ1v) is 13.4. The number of carbonyl (C=O) groups excluding carboxylic acids is 4. The summed E-state index contributed by atoms with van der Waals surface area (Å²) in [5, 5.41) is 6.34. The summed E-state index contributed by atoms with van der Waals surface area (Å²) >= 11 is 2.72. The Morgan fingerprint density at radius 3 is 1.53 bits per heavy atom. The standard InChI is InChI=1S/C25H25N5O4S2/c26-20(31)18-12-6-1-3-10-16(12)35-24(18)29-22(33)14-8-5-9-15(28-14)23(34)30-25-19(21(27)32)13-7-2-4-11-17(13)36-25/h5,8-9H,1-4,6-7,10-11H2,(H2,26,31)(H2,27,32)(H,29,33)(H,30,34). The van der Waals surface area contributed by atoms with Crippen molar-refractivity contribution in [1.29, 1.82) is 0 Å². The predicted molar refractivity (Wildman–Crippen MR) is 139 cm³/mol. The maximum Gasteiger partial charge on any atom is 0.274 e. The third kappa shape index (κ3) is 4.51. The molecule has 0 radical (unpaired) electrons. The van der Waals surface area contributed by atoms with Crippen LogP contribution in [0.3, 0.4) is 0 Å².